The molecule has 210 valence electrons. The van der Waals surface area contributed by atoms with Crippen LogP contribution in [-0.2, 0) is 4.74 Å². The molecule has 2 atom stereocenters. The number of anilines is 2. The molecule has 0 spiro atoms. The van der Waals surface area contributed by atoms with Crippen LogP contribution in [0.1, 0.15) is 36.7 Å². The van der Waals surface area contributed by atoms with Gasteiger partial charge in [-0.25, -0.2) is 13.8 Å². The fraction of sp³-hybridized carbons (Fsp3) is 0.400. The summed E-state index contributed by atoms with van der Waals surface area (Å²) < 4.78 is 33.7. The van der Waals surface area contributed by atoms with Crippen LogP contribution in [0.4, 0.5) is 20.2 Å². The molecule has 2 aromatic carbocycles. The molecule has 10 heteroatoms. The Hall–Kier alpha value is -3.76. The maximum atomic E-state index is 14.4. The van der Waals surface area contributed by atoms with Crippen molar-refractivity contribution in [3.8, 4) is 11.3 Å². The second kappa shape index (κ2) is 11.4. The summed E-state index contributed by atoms with van der Waals surface area (Å²) in [5.41, 5.74) is 10.3. The number of aromatic amines is 1. The first-order valence-electron chi connectivity index (χ1n) is 14.0. The van der Waals surface area contributed by atoms with Gasteiger partial charge in [0.05, 0.1) is 42.5 Å². The Morgan fingerprint density at radius 3 is 2.77 bits per heavy atom. The van der Waals surface area contributed by atoms with Crippen LogP contribution in [0.5, 0.6) is 0 Å². The van der Waals surface area contributed by atoms with Crippen LogP contribution in [0.2, 0.25) is 0 Å². The minimum Gasteiger partial charge on any atom is -0.397 e. The molecule has 4 N–H and O–H groups in total. The minimum atomic E-state index is -0.471. The van der Waals surface area contributed by atoms with E-state index >= 15 is 0 Å². The number of rotatable bonds is 6. The standard InChI is InChI=1S/C30H35F2N7O/c31-21-4-5-24(32)23(17-21)27-2-1-10-39(27)29(34)7-8-30-35-18-26(36-30)20-3-6-25(33)28(16-20)38-11-9-22(19-38)37-12-14-40-15-13-37/h3-8,16-18,22,27,34H,1-2,9-15,19,33H2,(H,35,36)/b8-7-,34-29?. The summed E-state index contributed by atoms with van der Waals surface area (Å²) in [5, 5.41) is 8.60. The van der Waals surface area contributed by atoms with Crippen LogP contribution in [-0.4, -0.2) is 77.6 Å². The smallest absolute Gasteiger partial charge is 0.130 e. The number of nitrogens with zero attached hydrogens (tertiary/aromatic N) is 4. The number of morpholine rings is 1. The van der Waals surface area contributed by atoms with Crippen LogP contribution >= 0.6 is 0 Å². The first-order chi connectivity index (χ1) is 19.5. The highest BCUT2D eigenvalue weighted by atomic mass is 19.1. The number of nitrogen functional groups attached to an aromatic ring is 1. The summed E-state index contributed by atoms with van der Waals surface area (Å²) in [5.74, 6) is -0.0674. The molecule has 3 aliphatic rings. The molecule has 3 aromatic rings. The summed E-state index contributed by atoms with van der Waals surface area (Å²) in [6.07, 6.45) is 7.77. The number of ether oxygens (including phenoxy) is 1. The molecular weight excluding hydrogens is 512 g/mol. The van der Waals surface area contributed by atoms with E-state index in [1.54, 1.807) is 18.3 Å². The van der Waals surface area contributed by atoms with Crippen molar-refractivity contribution >= 4 is 23.3 Å². The van der Waals surface area contributed by atoms with E-state index in [1.165, 1.54) is 6.07 Å². The molecule has 3 saturated heterocycles. The third kappa shape index (κ3) is 5.46. The monoisotopic (exact) mass is 547 g/mol. The number of nitrogens with one attached hydrogen (secondary N) is 2. The highest BCUT2D eigenvalue weighted by Crippen LogP contribution is 2.35. The number of benzene rings is 2. The van der Waals surface area contributed by atoms with Gasteiger partial charge in [-0.3, -0.25) is 10.3 Å². The van der Waals surface area contributed by atoms with Crippen molar-refractivity contribution in [2.75, 3.05) is 56.6 Å². The van der Waals surface area contributed by atoms with Crippen molar-refractivity contribution in [2.24, 2.45) is 0 Å². The molecule has 4 heterocycles. The molecule has 0 aliphatic carbocycles. The third-order valence-electron chi connectivity index (χ3n) is 8.28. The van der Waals surface area contributed by atoms with Gasteiger partial charge in [-0.2, -0.15) is 0 Å². The van der Waals surface area contributed by atoms with Crippen molar-refractivity contribution in [1.82, 2.24) is 19.8 Å². The van der Waals surface area contributed by atoms with Crippen LogP contribution in [0, 0.1) is 17.0 Å². The van der Waals surface area contributed by atoms with Crippen molar-refractivity contribution in [3.63, 3.8) is 0 Å². The number of aromatic nitrogens is 2. The summed E-state index contributed by atoms with van der Waals surface area (Å²) in [6.45, 7) is 6.09. The largest absolute Gasteiger partial charge is 0.397 e. The Kier molecular flexibility index (Phi) is 7.53. The van der Waals surface area contributed by atoms with Crippen molar-refractivity contribution in [3.05, 3.63) is 71.7 Å². The quantitative estimate of drug-likeness (QED) is 0.236. The lowest BCUT2D eigenvalue weighted by atomic mass is 10.0. The maximum Gasteiger partial charge on any atom is 0.130 e. The van der Waals surface area contributed by atoms with Gasteiger partial charge in [0.1, 0.15) is 23.3 Å². The predicted octanol–water partition coefficient (Wildman–Crippen LogP) is 4.68. The Labute approximate surface area is 232 Å². The summed E-state index contributed by atoms with van der Waals surface area (Å²) in [4.78, 5) is 14.5. The molecule has 6 rings (SSSR count). The van der Waals surface area contributed by atoms with E-state index in [4.69, 9.17) is 15.9 Å². The molecule has 0 radical (unpaired) electrons. The average molecular weight is 548 g/mol. The van der Waals surface area contributed by atoms with Gasteiger partial charge in [-0.15, -0.1) is 0 Å². The van der Waals surface area contributed by atoms with Crippen LogP contribution < -0.4 is 10.6 Å². The SMILES string of the molecule is N=C(/C=C\c1ncc(-c2ccc(N)c(N3CCC(N4CCOCC4)C3)c2)[nH]1)N1CCCC1c1cc(F)ccc1F. The Morgan fingerprint density at radius 1 is 1.07 bits per heavy atom. The van der Waals surface area contributed by atoms with E-state index < -0.39 is 11.6 Å². The van der Waals surface area contributed by atoms with Crippen LogP contribution in [0.25, 0.3) is 17.3 Å². The van der Waals surface area contributed by atoms with Gasteiger partial charge >= 0.3 is 0 Å². The lowest BCUT2D eigenvalue weighted by Gasteiger charge is -2.32. The highest BCUT2D eigenvalue weighted by molar-refractivity contribution is 5.94. The zero-order valence-electron chi connectivity index (χ0n) is 22.5. The van der Waals surface area contributed by atoms with Crippen LogP contribution in [0.3, 0.4) is 0 Å². The number of halogens is 2. The summed E-state index contributed by atoms with van der Waals surface area (Å²) >= 11 is 0. The second-order valence-corrected chi connectivity index (χ2v) is 10.7. The van der Waals surface area contributed by atoms with E-state index in [9.17, 15) is 8.78 Å². The van der Waals surface area contributed by atoms with E-state index in [0.717, 1.165) is 87.0 Å². The van der Waals surface area contributed by atoms with Crippen molar-refractivity contribution in [2.45, 2.75) is 31.3 Å². The van der Waals surface area contributed by atoms with Gasteiger partial charge in [0.2, 0.25) is 0 Å². The Morgan fingerprint density at radius 2 is 1.93 bits per heavy atom. The van der Waals surface area contributed by atoms with Gasteiger partial charge in [0, 0.05) is 49.9 Å². The topological polar surface area (TPSA) is 97.5 Å². The van der Waals surface area contributed by atoms with E-state index in [2.05, 4.69) is 25.8 Å². The summed E-state index contributed by atoms with van der Waals surface area (Å²) in [7, 11) is 0. The number of hydrogen-bond acceptors (Lipinski definition) is 6. The maximum absolute atomic E-state index is 14.4. The molecular formula is C30H35F2N7O. The second-order valence-electron chi connectivity index (χ2n) is 10.7. The average Bonchev–Trinajstić information content (AvgIpc) is 3.75. The van der Waals surface area contributed by atoms with E-state index in [1.807, 2.05) is 17.0 Å². The van der Waals surface area contributed by atoms with E-state index in [0.29, 0.717) is 30.4 Å². The van der Waals surface area contributed by atoms with Gasteiger partial charge < -0.3 is 25.3 Å². The number of likely N-dealkylation sites (tertiary alicyclic amines) is 1. The van der Waals surface area contributed by atoms with E-state index in [-0.39, 0.29) is 11.9 Å². The number of hydrogen-bond donors (Lipinski definition) is 3. The minimum absolute atomic E-state index is 0.239. The number of H-pyrrole nitrogens is 1. The zero-order chi connectivity index (χ0) is 27.6. The lowest BCUT2D eigenvalue weighted by molar-refractivity contribution is 0.0209. The first kappa shape index (κ1) is 26.5. The molecule has 0 amide bonds. The number of imidazole rings is 1. The summed E-state index contributed by atoms with van der Waals surface area (Å²) in [6, 6.07) is 9.70. The van der Waals surface area contributed by atoms with Gasteiger partial charge in [-0.05, 0) is 61.7 Å². The molecule has 3 fully saturated rings. The normalized spacial score (nSPS) is 22.1. The van der Waals surface area contributed by atoms with Gasteiger partial charge in [0.15, 0.2) is 0 Å². The van der Waals surface area contributed by atoms with Crippen LogP contribution in [0.15, 0.2) is 48.7 Å². The molecule has 40 heavy (non-hydrogen) atoms. The molecule has 2 unspecified atom stereocenters. The lowest BCUT2D eigenvalue weighted by Crippen LogP contribution is -2.44. The molecule has 8 nitrogen and oxygen atoms in total. The predicted molar refractivity (Wildman–Crippen MR) is 153 cm³/mol. The highest BCUT2D eigenvalue weighted by Gasteiger charge is 2.31. The third-order valence-corrected chi connectivity index (χ3v) is 8.28. The fourth-order valence-electron chi connectivity index (χ4n) is 6.16. The number of amidine groups is 1. The van der Waals surface area contributed by atoms with Gasteiger partial charge in [-0.1, -0.05) is 6.07 Å². The Balaban J connectivity index is 1.13. The molecule has 3 aliphatic heterocycles. The zero-order valence-corrected chi connectivity index (χ0v) is 22.5. The molecule has 0 saturated carbocycles. The Bertz CT molecular complexity index is 1400. The fourth-order valence-corrected chi connectivity index (χ4v) is 6.16. The molecule has 0 bridgehead atoms. The first-order valence-corrected chi connectivity index (χ1v) is 14.0. The number of nitrogens with two attached hydrogens (primary N) is 1. The van der Waals surface area contributed by atoms with Crippen molar-refractivity contribution in [1.29, 1.82) is 5.41 Å². The van der Waals surface area contributed by atoms with Crippen molar-refractivity contribution < 1.29 is 13.5 Å². The molecule has 1 aromatic heterocycles. The van der Waals surface area contributed by atoms with Gasteiger partial charge in [0.25, 0.3) is 0 Å².